The van der Waals surface area contributed by atoms with Gasteiger partial charge in [0.15, 0.2) is 18.1 Å². The summed E-state index contributed by atoms with van der Waals surface area (Å²) in [6, 6.07) is 18.2. The maximum atomic E-state index is 12.2. The first-order valence-electron chi connectivity index (χ1n) is 9.31. The number of benzene rings is 3. The first-order chi connectivity index (χ1) is 15.5. The van der Waals surface area contributed by atoms with Crippen LogP contribution in [-0.2, 0) is 4.79 Å². The Morgan fingerprint density at radius 2 is 1.72 bits per heavy atom. The van der Waals surface area contributed by atoms with Gasteiger partial charge in [-0.25, -0.2) is 10.2 Å². The van der Waals surface area contributed by atoms with Crippen molar-refractivity contribution in [3.05, 3.63) is 87.9 Å². The fraction of sp³-hybridized carbons (Fsp3) is 0.0870. The lowest BCUT2D eigenvalue weighted by Gasteiger charge is -2.10. The molecule has 3 rings (SSSR count). The van der Waals surface area contributed by atoms with Gasteiger partial charge in [-0.1, -0.05) is 41.4 Å². The van der Waals surface area contributed by atoms with Gasteiger partial charge in [0, 0.05) is 5.02 Å². The van der Waals surface area contributed by atoms with E-state index in [4.69, 9.17) is 37.4 Å². The van der Waals surface area contributed by atoms with E-state index in [1.54, 1.807) is 54.6 Å². The molecule has 0 aliphatic carbocycles. The van der Waals surface area contributed by atoms with Crippen LogP contribution in [0.3, 0.4) is 0 Å². The van der Waals surface area contributed by atoms with Gasteiger partial charge in [-0.15, -0.1) is 0 Å². The number of nitrogens with zero attached hydrogens (tertiary/aromatic N) is 1. The van der Waals surface area contributed by atoms with Crippen molar-refractivity contribution in [3.8, 4) is 17.2 Å². The normalized spacial score (nSPS) is 10.6. The Morgan fingerprint density at radius 3 is 2.44 bits per heavy atom. The molecule has 32 heavy (non-hydrogen) atoms. The van der Waals surface area contributed by atoms with Crippen LogP contribution >= 0.6 is 23.2 Å². The lowest BCUT2D eigenvalue weighted by atomic mass is 10.2. The molecule has 9 heteroatoms. The third kappa shape index (κ3) is 6.47. The number of esters is 1. The van der Waals surface area contributed by atoms with E-state index in [0.29, 0.717) is 32.7 Å². The average molecular weight is 473 g/mol. The molecule has 164 valence electrons. The Bertz CT molecular complexity index is 1140. The molecule has 0 spiro atoms. The molecule has 1 amide bonds. The van der Waals surface area contributed by atoms with Crippen molar-refractivity contribution in [2.75, 3.05) is 13.7 Å². The molecule has 0 aromatic heterocycles. The highest BCUT2D eigenvalue weighted by molar-refractivity contribution is 6.35. The van der Waals surface area contributed by atoms with Gasteiger partial charge in [-0.05, 0) is 54.1 Å². The molecule has 0 atom stereocenters. The highest BCUT2D eigenvalue weighted by Crippen LogP contribution is 2.29. The van der Waals surface area contributed by atoms with E-state index >= 15 is 0 Å². The standard InChI is InChI=1S/C23H18Cl2N2O5/c1-30-21-11-15(7-9-20(21)32-23(29)16-5-3-2-4-6-16)13-26-27-22(28)14-31-19-10-8-17(24)12-18(19)25/h2-13H,14H2,1H3,(H,27,28). The molecule has 0 saturated heterocycles. The van der Waals surface area contributed by atoms with Crippen molar-refractivity contribution in [3.63, 3.8) is 0 Å². The average Bonchev–Trinajstić information content (AvgIpc) is 2.80. The monoisotopic (exact) mass is 472 g/mol. The lowest BCUT2D eigenvalue weighted by molar-refractivity contribution is -0.123. The van der Waals surface area contributed by atoms with E-state index in [0.717, 1.165) is 0 Å². The fourth-order valence-electron chi connectivity index (χ4n) is 2.53. The smallest absolute Gasteiger partial charge is 0.343 e. The van der Waals surface area contributed by atoms with E-state index in [9.17, 15) is 9.59 Å². The van der Waals surface area contributed by atoms with Gasteiger partial charge in [0.05, 0.1) is 23.9 Å². The number of hydrogen-bond acceptors (Lipinski definition) is 6. The predicted molar refractivity (Wildman–Crippen MR) is 122 cm³/mol. The second kappa shape index (κ2) is 11.2. The predicted octanol–water partition coefficient (Wildman–Crippen LogP) is 4.75. The van der Waals surface area contributed by atoms with Crippen LogP contribution in [0.4, 0.5) is 0 Å². The Balaban J connectivity index is 1.56. The van der Waals surface area contributed by atoms with Gasteiger partial charge in [0.2, 0.25) is 0 Å². The minimum absolute atomic E-state index is 0.260. The number of nitrogens with one attached hydrogen (secondary N) is 1. The van der Waals surface area contributed by atoms with Gasteiger partial charge < -0.3 is 14.2 Å². The molecule has 3 aromatic rings. The number of rotatable bonds is 8. The third-order valence-electron chi connectivity index (χ3n) is 4.06. The second-order valence-corrected chi connectivity index (χ2v) is 7.17. The summed E-state index contributed by atoms with van der Waals surface area (Å²) >= 11 is 11.8. The van der Waals surface area contributed by atoms with Crippen LogP contribution in [0.2, 0.25) is 10.0 Å². The van der Waals surface area contributed by atoms with Gasteiger partial charge >= 0.3 is 5.97 Å². The highest BCUT2D eigenvalue weighted by atomic mass is 35.5. The van der Waals surface area contributed by atoms with E-state index in [1.807, 2.05) is 6.07 Å². The molecule has 0 fully saturated rings. The number of hydrazone groups is 1. The van der Waals surface area contributed by atoms with Crippen LogP contribution in [0, 0.1) is 0 Å². The van der Waals surface area contributed by atoms with Crippen LogP contribution in [0.25, 0.3) is 0 Å². The summed E-state index contributed by atoms with van der Waals surface area (Å²) in [5.41, 5.74) is 3.38. The first kappa shape index (κ1) is 23.1. The van der Waals surface area contributed by atoms with Crippen molar-refractivity contribution in [2.45, 2.75) is 0 Å². The number of amides is 1. The number of carbonyl (C=O) groups excluding carboxylic acids is 2. The maximum Gasteiger partial charge on any atom is 0.343 e. The summed E-state index contributed by atoms with van der Waals surface area (Å²) < 4.78 is 16.0. The van der Waals surface area contributed by atoms with Crippen molar-refractivity contribution in [2.24, 2.45) is 5.10 Å². The number of ether oxygens (including phenoxy) is 3. The zero-order valence-electron chi connectivity index (χ0n) is 16.9. The quantitative estimate of drug-likeness (QED) is 0.221. The number of methoxy groups -OCH3 is 1. The Labute approximate surface area is 194 Å². The lowest BCUT2D eigenvalue weighted by Crippen LogP contribution is -2.24. The molecule has 0 aliphatic rings. The number of hydrogen-bond donors (Lipinski definition) is 1. The van der Waals surface area contributed by atoms with Crippen LogP contribution in [0.5, 0.6) is 17.2 Å². The zero-order chi connectivity index (χ0) is 22.9. The molecule has 1 N–H and O–H groups in total. The van der Waals surface area contributed by atoms with Crippen LogP contribution in [-0.4, -0.2) is 31.8 Å². The minimum Gasteiger partial charge on any atom is -0.493 e. The number of carbonyl (C=O) groups is 2. The van der Waals surface area contributed by atoms with E-state index in [2.05, 4.69) is 10.5 Å². The summed E-state index contributed by atoms with van der Waals surface area (Å²) in [7, 11) is 1.46. The summed E-state index contributed by atoms with van der Waals surface area (Å²) in [6.07, 6.45) is 1.42. The highest BCUT2D eigenvalue weighted by Gasteiger charge is 2.12. The third-order valence-corrected chi connectivity index (χ3v) is 4.59. The van der Waals surface area contributed by atoms with Crippen molar-refractivity contribution in [1.82, 2.24) is 5.43 Å². The Hall–Kier alpha value is -3.55. The summed E-state index contributed by atoms with van der Waals surface area (Å²) in [4.78, 5) is 24.2. The minimum atomic E-state index is -0.502. The van der Waals surface area contributed by atoms with E-state index in [-0.39, 0.29) is 12.4 Å². The SMILES string of the molecule is COc1cc(C=NNC(=O)COc2ccc(Cl)cc2Cl)ccc1OC(=O)c1ccccc1. The summed E-state index contributed by atoms with van der Waals surface area (Å²) in [5, 5.41) is 4.65. The van der Waals surface area contributed by atoms with Crippen molar-refractivity contribution in [1.29, 1.82) is 0 Å². The van der Waals surface area contributed by atoms with Gasteiger partial charge in [-0.2, -0.15) is 5.10 Å². The van der Waals surface area contributed by atoms with Gasteiger partial charge in [0.25, 0.3) is 5.91 Å². The maximum absolute atomic E-state index is 12.2. The molecule has 0 saturated carbocycles. The first-order valence-corrected chi connectivity index (χ1v) is 10.1. The molecule has 0 unspecified atom stereocenters. The van der Waals surface area contributed by atoms with E-state index in [1.165, 1.54) is 19.4 Å². The Kier molecular flexibility index (Phi) is 8.08. The van der Waals surface area contributed by atoms with Crippen molar-refractivity contribution < 1.29 is 23.8 Å². The van der Waals surface area contributed by atoms with Gasteiger partial charge in [-0.3, -0.25) is 4.79 Å². The second-order valence-electron chi connectivity index (χ2n) is 6.32. The van der Waals surface area contributed by atoms with E-state index < -0.39 is 11.9 Å². The molecule has 3 aromatic carbocycles. The van der Waals surface area contributed by atoms with Crippen LogP contribution in [0.1, 0.15) is 15.9 Å². The number of halogens is 2. The molecule has 7 nitrogen and oxygen atoms in total. The Morgan fingerprint density at radius 1 is 0.969 bits per heavy atom. The molecule has 0 aliphatic heterocycles. The summed E-state index contributed by atoms with van der Waals surface area (Å²) in [6.45, 7) is -0.281. The molecule has 0 heterocycles. The van der Waals surface area contributed by atoms with Gasteiger partial charge in [0.1, 0.15) is 5.75 Å². The van der Waals surface area contributed by atoms with Crippen molar-refractivity contribution >= 4 is 41.3 Å². The fourth-order valence-corrected chi connectivity index (χ4v) is 2.99. The molecular formula is C23H18Cl2N2O5. The van der Waals surface area contributed by atoms with Crippen LogP contribution < -0.4 is 19.6 Å². The largest absolute Gasteiger partial charge is 0.493 e. The summed E-state index contributed by atoms with van der Waals surface area (Å²) in [5.74, 6) is -0.0485. The molecule has 0 bridgehead atoms. The molecule has 0 radical (unpaired) electrons. The topological polar surface area (TPSA) is 86.2 Å². The molecular weight excluding hydrogens is 455 g/mol. The zero-order valence-corrected chi connectivity index (χ0v) is 18.4. The van der Waals surface area contributed by atoms with Crippen LogP contribution in [0.15, 0.2) is 71.8 Å².